The number of pyridine rings is 1. The average Bonchev–Trinajstić information content (AvgIpc) is 2.47. The lowest BCUT2D eigenvalue weighted by Crippen LogP contribution is -2.18. The molecule has 0 fully saturated rings. The Morgan fingerprint density at radius 1 is 1.23 bits per heavy atom. The highest BCUT2D eigenvalue weighted by molar-refractivity contribution is 7.92. The fraction of sp³-hybridized carbons (Fsp3) is 0.143. The molecular weight excluding hydrogens is 306 g/mol. The van der Waals surface area contributed by atoms with Crippen LogP contribution in [0.3, 0.4) is 0 Å². The predicted octanol–water partition coefficient (Wildman–Crippen LogP) is 1.65. The van der Waals surface area contributed by atoms with Crippen molar-refractivity contribution >= 4 is 27.5 Å². The molecule has 0 amide bonds. The molecule has 1 aromatic heterocycles. The molecule has 0 radical (unpaired) electrons. The Kier molecular flexibility index (Phi) is 4.32. The summed E-state index contributed by atoms with van der Waals surface area (Å²) in [6.45, 7) is 0. The lowest BCUT2D eigenvalue weighted by molar-refractivity contribution is 0.0697. The van der Waals surface area contributed by atoms with E-state index in [2.05, 4.69) is 9.71 Å². The highest BCUT2D eigenvalue weighted by Gasteiger charge is 2.18. The van der Waals surface area contributed by atoms with E-state index in [9.17, 15) is 18.3 Å². The summed E-state index contributed by atoms with van der Waals surface area (Å²) in [6, 6.07) is 9.04. The SMILES string of the molecule is CN(C)c1ncc(NS(=O)(=O)c2ccccc2)cc1C(=O)O. The van der Waals surface area contributed by atoms with E-state index in [1.807, 2.05) is 0 Å². The second-order valence-electron chi connectivity index (χ2n) is 4.71. The lowest BCUT2D eigenvalue weighted by Gasteiger charge is -2.15. The van der Waals surface area contributed by atoms with Gasteiger partial charge in [0.05, 0.1) is 16.8 Å². The fourth-order valence-corrected chi connectivity index (χ4v) is 2.90. The van der Waals surface area contributed by atoms with Crippen LogP contribution in [0, 0.1) is 0 Å². The van der Waals surface area contributed by atoms with Crippen LogP contribution in [0.5, 0.6) is 0 Å². The zero-order chi connectivity index (χ0) is 16.3. The van der Waals surface area contributed by atoms with E-state index in [-0.39, 0.29) is 22.0 Å². The van der Waals surface area contributed by atoms with Crippen molar-refractivity contribution in [3.05, 3.63) is 48.2 Å². The minimum absolute atomic E-state index is 0.0849. The molecule has 2 aromatic rings. The number of hydrogen-bond donors (Lipinski definition) is 2. The molecule has 1 heterocycles. The predicted molar refractivity (Wildman–Crippen MR) is 82.8 cm³/mol. The Balaban J connectivity index is 2.39. The van der Waals surface area contributed by atoms with Crippen molar-refractivity contribution in [2.75, 3.05) is 23.7 Å². The van der Waals surface area contributed by atoms with Crippen molar-refractivity contribution < 1.29 is 18.3 Å². The standard InChI is InChI=1S/C14H15N3O4S/c1-17(2)13-12(14(18)19)8-10(9-15-13)16-22(20,21)11-6-4-3-5-7-11/h3-9,16H,1-2H3,(H,18,19). The molecule has 0 atom stereocenters. The van der Waals surface area contributed by atoms with E-state index in [4.69, 9.17) is 0 Å². The van der Waals surface area contributed by atoms with Crippen molar-refractivity contribution in [2.24, 2.45) is 0 Å². The first-order chi connectivity index (χ1) is 10.3. The van der Waals surface area contributed by atoms with Crippen LogP contribution in [-0.2, 0) is 10.0 Å². The number of rotatable bonds is 5. The number of aromatic nitrogens is 1. The minimum atomic E-state index is -3.79. The van der Waals surface area contributed by atoms with Gasteiger partial charge in [0, 0.05) is 14.1 Å². The first-order valence-corrected chi connectivity index (χ1v) is 7.78. The zero-order valence-corrected chi connectivity index (χ0v) is 12.8. The average molecular weight is 321 g/mol. The third-order valence-electron chi connectivity index (χ3n) is 2.83. The Bertz CT molecular complexity index is 789. The van der Waals surface area contributed by atoms with Crippen LogP contribution in [0.4, 0.5) is 11.5 Å². The molecule has 22 heavy (non-hydrogen) atoms. The van der Waals surface area contributed by atoms with Crippen LogP contribution in [0.2, 0.25) is 0 Å². The van der Waals surface area contributed by atoms with Crippen LogP contribution >= 0.6 is 0 Å². The molecule has 7 nitrogen and oxygen atoms in total. The molecule has 2 N–H and O–H groups in total. The van der Waals surface area contributed by atoms with Gasteiger partial charge in [-0.15, -0.1) is 0 Å². The first-order valence-electron chi connectivity index (χ1n) is 6.30. The van der Waals surface area contributed by atoms with Crippen molar-refractivity contribution in [1.29, 1.82) is 0 Å². The molecule has 0 bridgehead atoms. The summed E-state index contributed by atoms with van der Waals surface area (Å²) < 4.78 is 26.7. The summed E-state index contributed by atoms with van der Waals surface area (Å²) in [4.78, 5) is 16.9. The number of carboxylic acid groups (broad SMARTS) is 1. The van der Waals surface area contributed by atoms with Crippen molar-refractivity contribution in [3.8, 4) is 0 Å². The Morgan fingerprint density at radius 3 is 2.41 bits per heavy atom. The quantitative estimate of drug-likeness (QED) is 0.868. The van der Waals surface area contributed by atoms with Crippen molar-refractivity contribution in [2.45, 2.75) is 4.90 Å². The van der Waals surface area contributed by atoms with Crippen LogP contribution in [0.1, 0.15) is 10.4 Å². The zero-order valence-electron chi connectivity index (χ0n) is 12.0. The van der Waals surface area contributed by atoms with Gasteiger partial charge in [-0.05, 0) is 18.2 Å². The summed E-state index contributed by atoms with van der Waals surface area (Å²) in [5, 5.41) is 9.21. The maximum absolute atomic E-state index is 12.2. The van der Waals surface area contributed by atoms with Crippen LogP contribution < -0.4 is 9.62 Å². The van der Waals surface area contributed by atoms with E-state index in [1.165, 1.54) is 24.4 Å². The molecule has 0 unspecified atom stereocenters. The van der Waals surface area contributed by atoms with Gasteiger partial charge in [0.25, 0.3) is 10.0 Å². The summed E-state index contributed by atoms with van der Waals surface area (Å²) in [6.07, 6.45) is 1.28. The molecule has 0 saturated carbocycles. The molecule has 0 aliphatic rings. The van der Waals surface area contributed by atoms with Gasteiger partial charge in [-0.3, -0.25) is 4.72 Å². The summed E-state index contributed by atoms with van der Waals surface area (Å²) in [7, 11) is -0.475. The molecule has 0 spiro atoms. The molecule has 8 heteroatoms. The van der Waals surface area contributed by atoms with E-state index in [1.54, 1.807) is 37.2 Å². The van der Waals surface area contributed by atoms with Crippen LogP contribution in [-0.4, -0.2) is 38.6 Å². The molecule has 0 aliphatic carbocycles. The van der Waals surface area contributed by atoms with E-state index in [0.717, 1.165) is 0 Å². The van der Waals surface area contributed by atoms with Crippen LogP contribution in [0.15, 0.2) is 47.5 Å². The molecule has 0 aliphatic heterocycles. The topological polar surface area (TPSA) is 99.6 Å². The maximum atomic E-state index is 12.2. The summed E-state index contributed by atoms with van der Waals surface area (Å²) in [5.41, 5.74) is 0.00474. The molecule has 1 aromatic carbocycles. The lowest BCUT2D eigenvalue weighted by atomic mass is 10.2. The number of anilines is 2. The second kappa shape index (κ2) is 6.02. The number of carboxylic acids is 1. The van der Waals surface area contributed by atoms with Gasteiger partial charge in [0.15, 0.2) is 0 Å². The monoisotopic (exact) mass is 321 g/mol. The molecule has 2 rings (SSSR count). The highest BCUT2D eigenvalue weighted by atomic mass is 32.2. The molecule has 0 saturated heterocycles. The second-order valence-corrected chi connectivity index (χ2v) is 6.40. The number of carbonyl (C=O) groups is 1. The minimum Gasteiger partial charge on any atom is -0.478 e. The third kappa shape index (κ3) is 3.34. The van der Waals surface area contributed by atoms with Gasteiger partial charge in [0.1, 0.15) is 11.4 Å². The Morgan fingerprint density at radius 2 is 1.86 bits per heavy atom. The third-order valence-corrected chi connectivity index (χ3v) is 4.22. The van der Waals surface area contributed by atoms with E-state index in [0.29, 0.717) is 0 Å². The van der Waals surface area contributed by atoms with Gasteiger partial charge < -0.3 is 10.0 Å². The van der Waals surface area contributed by atoms with E-state index >= 15 is 0 Å². The Labute approximate surface area is 128 Å². The number of hydrogen-bond acceptors (Lipinski definition) is 5. The normalized spacial score (nSPS) is 11.0. The van der Waals surface area contributed by atoms with E-state index < -0.39 is 16.0 Å². The largest absolute Gasteiger partial charge is 0.478 e. The number of nitrogens with zero attached hydrogens (tertiary/aromatic N) is 2. The van der Waals surface area contributed by atoms with Gasteiger partial charge in [-0.2, -0.15) is 0 Å². The maximum Gasteiger partial charge on any atom is 0.339 e. The number of nitrogens with one attached hydrogen (secondary N) is 1. The number of sulfonamides is 1. The number of benzene rings is 1. The first kappa shape index (κ1) is 15.8. The van der Waals surface area contributed by atoms with Gasteiger partial charge in [-0.1, -0.05) is 18.2 Å². The Hall–Kier alpha value is -2.61. The summed E-state index contributed by atoms with van der Waals surface area (Å²) in [5.74, 6) is -0.938. The highest BCUT2D eigenvalue weighted by Crippen LogP contribution is 2.22. The molecular formula is C14H15N3O4S. The fourth-order valence-electron chi connectivity index (χ4n) is 1.84. The van der Waals surface area contributed by atoms with Gasteiger partial charge >= 0.3 is 5.97 Å². The van der Waals surface area contributed by atoms with Crippen molar-refractivity contribution in [1.82, 2.24) is 4.98 Å². The van der Waals surface area contributed by atoms with Crippen LogP contribution in [0.25, 0.3) is 0 Å². The van der Waals surface area contributed by atoms with Crippen molar-refractivity contribution in [3.63, 3.8) is 0 Å². The number of aromatic carboxylic acids is 1. The van der Waals surface area contributed by atoms with Gasteiger partial charge in [-0.25, -0.2) is 18.2 Å². The smallest absolute Gasteiger partial charge is 0.339 e. The summed E-state index contributed by atoms with van der Waals surface area (Å²) >= 11 is 0. The van der Waals surface area contributed by atoms with Gasteiger partial charge in [0.2, 0.25) is 0 Å². The molecule has 116 valence electrons.